The normalized spacial score (nSPS) is 12.4. The number of aryl methyl sites for hydroxylation is 1. The van der Waals surface area contributed by atoms with Gasteiger partial charge in [-0.15, -0.1) is 0 Å². The Kier molecular flexibility index (Phi) is 7.06. The number of esters is 1. The number of aromatic nitrogens is 2. The third-order valence-corrected chi connectivity index (χ3v) is 4.69. The quantitative estimate of drug-likeness (QED) is 0.682. The summed E-state index contributed by atoms with van der Waals surface area (Å²) in [5.41, 5.74) is -0.116. The predicted octanol–water partition coefficient (Wildman–Crippen LogP) is 1.98. The SMILES string of the molecule is COC(=O)C(CCSC)NC(=O)c1c(C)oc2ncn(CC(C)C)c(=O)c12. The molecule has 0 saturated carbocycles. The molecule has 1 unspecified atom stereocenters. The Hall–Kier alpha value is -2.29. The molecule has 2 rings (SSSR count). The van der Waals surface area contributed by atoms with E-state index in [-0.39, 0.29) is 33.9 Å². The van der Waals surface area contributed by atoms with Crippen molar-refractivity contribution >= 4 is 34.7 Å². The Bertz CT molecular complexity index is 887. The third-order valence-electron chi connectivity index (χ3n) is 4.05. The molecule has 1 amide bonds. The van der Waals surface area contributed by atoms with Gasteiger partial charge in [-0.1, -0.05) is 13.8 Å². The summed E-state index contributed by atoms with van der Waals surface area (Å²) in [6.45, 7) is 6.04. The summed E-state index contributed by atoms with van der Waals surface area (Å²) in [7, 11) is 1.27. The van der Waals surface area contributed by atoms with Crippen LogP contribution in [0.25, 0.3) is 11.1 Å². The van der Waals surface area contributed by atoms with Gasteiger partial charge in [0.25, 0.3) is 11.5 Å². The maximum Gasteiger partial charge on any atom is 0.328 e. The number of carbonyl (C=O) groups excluding carboxylic acids is 2. The lowest BCUT2D eigenvalue weighted by molar-refractivity contribution is -0.142. The first-order valence-electron chi connectivity index (χ1n) is 8.66. The van der Waals surface area contributed by atoms with Crippen LogP contribution in [0.5, 0.6) is 0 Å². The lowest BCUT2D eigenvalue weighted by Gasteiger charge is -2.16. The van der Waals surface area contributed by atoms with Crippen molar-refractivity contribution in [3.8, 4) is 0 Å². The van der Waals surface area contributed by atoms with E-state index in [0.717, 1.165) is 0 Å². The Balaban J connectivity index is 2.43. The van der Waals surface area contributed by atoms with Gasteiger partial charge in [-0.05, 0) is 31.3 Å². The van der Waals surface area contributed by atoms with Crippen molar-refractivity contribution in [2.45, 2.75) is 39.8 Å². The van der Waals surface area contributed by atoms with Crippen LogP contribution >= 0.6 is 11.8 Å². The number of hydrogen-bond acceptors (Lipinski definition) is 7. The first kappa shape index (κ1) is 21.0. The molecule has 27 heavy (non-hydrogen) atoms. The van der Waals surface area contributed by atoms with Gasteiger partial charge in [0, 0.05) is 6.54 Å². The second-order valence-corrected chi connectivity index (χ2v) is 7.63. The summed E-state index contributed by atoms with van der Waals surface area (Å²) in [6.07, 6.45) is 3.75. The molecule has 0 radical (unpaired) electrons. The van der Waals surface area contributed by atoms with Crippen LogP contribution in [-0.4, -0.2) is 46.6 Å². The Morgan fingerprint density at radius 1 is 1.41 bits per heavy atom. The first-order valence-corrected chi connectivity index (χ1v) is 10.1. The summed E-state index contributed by atoms with van der Waals surface area (Å²) >= 11 is 1.56. The molecule has 148 valence electrons. The van der Waals surface area contributed by atoms with E-state index in [1.54, 1.807) is 18.7 Å². The molecule has 0 aromatic carbocycles. The number of hydrogen-bond donors (Lipinski definition) is 1. The predicted molar refractivity (Wildman–Crippen MR) is 104 cm³/mol. The lowest BCUT2D eigenvalue weighted by atomic mass is 10.1. The molecule has 2 aromatic rings. The van der Waals surface area contributed by atoms with E-state index < -0.39 is 17.9 Å². The molecule has 0 aliphatic carbocycles. The fourth-order valence-electron chi connectivity index (χ4n) is 2.79. The minimum atomic E-state index is -0.797. The van der Waals surface area contributed by atoms with Crippen LogP contribution in [0.2, 0.25) is 0 Å². The van der Waals surface area contributed by atoms with E-state index >= 15 is 0 Å². The molecule has 0 saturated heterocycles. The van der Waals surface area contributed by atoms with Crippen molar-refractivity contribution in [3.63, 3.8) is 0 Å². The van der Waals surface area contributed by atoms with Crippen LogP contribution in [0, 0.1) is 12.8 Å². The summed E-state index contributed by atoms with van der Waals surface area (Å²) in [6, 6.07) is -0.797. The highest BCUT2D eigenvalue weighted by Crippen LogP contribution is 2.21. The van der Waals surface area contributed by atoms with E-state index in [4.69, 9.17) is 9.15 Å². The molecule has 9 heteroatoms. The van der Waals surface area contributed by atoms with Gasteiger partial charge in [0.05, 0.1) is 12.7 Å². The number of methoxy groups -OCH3 is 1. The van der Waals surface area contributed by atoms with Crippen LogP contribution in [-0.2, 0) is 16.1 Å². The maximum atomic E-state index is 12.9. The number of rotatable bonds is 8. The van der Waals surface area contributed by atoms with Crippen molar-refractivity contribution in [1.29, 1.82) is 0 Å². The topological polar surface area (TPSA) is 103 Å². The number of ether oxygens (including phenoxy) is 1. The summed E-state index contributed by atoms with van der Waals surface area (Å²) in [5, 5.41) is 2.79. The number of nitrogens with one attached hydrogen (secondary N) is 1. The zero-order valence-corrected chi connectivity index (χ0v) is 17.0. The van der Waals surface area contributed by atoms with Crippen molar-refractivity contribution < 1.29 is 18.7 Å². The Morgan fingerprint density at radius 3 is 2.70 bits per heavy atom. The molecular weight excluding hydrogens is 370 g/mol. The van der Waals surface area contributed by atoms with Gasteiger partial charge < -0.3 is 14.5 Å². The van der Waals surface area contributed by atoms with Gasteiger partial charge >= 0.3 is 5.97 Å². The van der Waals surface area contributed by atoms with E-state index in [1.807, 2.05) is 20.1 Å². The largest absolute Gasteiger partial charge is 0.467 e. The highest BCUT2D eigenvalue weighted by atomic mass is 32.2. The van der Waals surface area contributed by atoms with Crippen LogP contribution in [0.3, 0.4) is 0 Å². The second kappa shape index (κ2) is 9.07. The van der Waals surface area contributed by atoms with E-state index in [1.165, 1.54) is 18.0 Å². The van der Waals surface area contributed by atoms with Crippen LogP contribution < -0.4 is 10.9 Å². The molecule has 1 N–H and O–H groups in total. The second-order valence-electron chi connectivity index (χ2n) is 6.64. The van der Waals surface area contributed by atoms with Crippen molar-refractivity contribution in [2.24, 2.45) is 5.92 Å². The molecular formula is C18H25N3O5S. The number of furan rings is 1. The van der Waals surface area contributed by atoms with Gasteiger partial charge in [-0.3, -0.25) is 14.2 Å². The number of carbonyl (C=O) groups is 2. The fourth-order valence-corrected chi connectivity index (χ4v) is 3.26. The fraction of sp³-hybridized carbons (Fsp3) is 0.556. The molecule has 2 heterocycles. The van der Waals surface area contributed by atoms with Crippen LogP contribution in [0.1, 0.15) is 36.4 Å². The first-order chi connectivity index (χ1) is 12.8. The van der Waals surface area contributed by atoms with Gasteiger partial charge in [0.2, 0.25) is 5.71 Å². The van der Waals surface area contributed by atoms with Gasteiger partial charge in [0.1, 0.15) is 23.5 Å². The Morgan fingerprint density at radius 2 is 2.11 bits per heavy atom. The van der Waals surface area contributed by atoms with Gasteiger partial charge in [0.15, 0.2) is 0 Å². The van der Waals surface area contributed by atoms with Crippen molar-refractivity contribution in [1.82, 2.24) is 14.9 Å². The number of amides is 1. The molecule has 0 spiro atoms. The van der Waals surface area contributed by atoms with Gasteiger partial charge in [-0.25, -0.2) is 9.78 Å². The molecule has 2 aromatic heterocycles. The maximum absolute atomic E-state index is 12.9. The van der Waals surface area contributed by atoms with Gasteiger partial charge in [-0.2, -0.15) is 11.8 Å². The van der Waals surface area contributed by atoms with E-state index in [2.05, 4.69) is 10.3 Å². The number of thioether (sulfide) groups is 1. The molecule has 0 fully saturated rings. The average Bonchev–Trinajstić information content (AvgIpc) is 2.96. The smallest absolute Gasteiger partial charge is 0.328 e. The number of nitrogens with zero attached hydrogens (tertiary/aromatic N) is 2. The van der Waals surface area contributed by atoms with Crippen molar-refractivity contribution in [3.05, 3.63) is 28.0 Å². The highest BCUT2D eigenvalue weighted by molar-refractivity contribution is 7.98. The van der Waals surface area contributed by atoms with E-state index in [9.17, 15) is 14.4 Å². The molecule has 0 aliphatic rings. The number of fused-ring (bicyclic) bond motifs is 1. The molecule has 0 bridgehead atoms. The van der Waals surface area contributed by atoms with Crippen LogP contribution in [0.4, 0.5) is 0 Å². The van der Waals surface area contributed by atoms with E-state index in [0.29, 0.717) is 18.7 Å². The lowest BCUT2D eigenvalue weighted by Crippen LogP contribution is -2.42. The average molecular weight is 395 g/mol. The highest BCUT2D eigenvalue weighted by Gasteiger charge is 2.27. The molecule has 0 aliphatic heterocycles. The zero-order valence-electron chi connectivity index (χ0n) is 16.2. The van der Waals surface area contributed by atoms with Crippen molar-refractivity contribution in [2.75, 3.05) is 19.1 Å². The minimum absolute atomic E-state index is 0.110. The molecule has 8 nitrogen and oxygen atoms in total. The minimum Gasteiger partial charge on any atom is -0.467 e. The third kappa shape index (κ3) is 4.71. The monoisotopic (exact) mass is 395 g/mol. The zero-order chi connectivity index (χ0) is 20.1. The van der Waals surface area contributed by atoms with Crippen LogP contribution in [0.15, 0.2) is 15.5 Å². The standard InChI is InChI=1S/C18H25N3O5S/c1-10(2)8-21-9-19-16-14(17(21)23)13(11(3)26-16)15(22)20-12(6-7-27-5)18(24)25-4/h9-10,12H,6-8H2,1-5H3,(H,20,22). The summed E-state index contributed by atoms with van der Waals surface area (Å²) in [4.78, 5) is 41.8. The summed E-state index contributed by atoms with van der Waals surface area (Å²) < 4.78 is 11.7. The Labute approximate surface area is 161 Å². The molecule has 1 atom stereocenters. The summed E-state index contributed by atoms with van der Waals surface area (Å²) in [5.74, 6) is 0.112.